The van der Waals surface area contributed by atoms with Crippen molar-refractivity contribution in [1.82, 2.24) is 0 Å². The molecule has 1 aromatic rings. The molecule has 0 aromatic heterocycles. The van der Waals surface area contributed by atoms with Crippen molar-refractivity contribution >= 4 is 28.4 Å². The van der Waals surface area contributed by atoms with Crippen LogP contribution in [0.2, 0.25) is 0 Å². The van der Waals surface area contributed by atoms with Gasteiger partial charge >= 0.3 is 0 Å². The molecule has 2 heteroatoms. The highest BCUT2D eigenvalue weighted by Crippen LogP contribution is 2.42. The lowest BCUT2D eigenvalue weighted by molar-refractivity contribution is -0.127. The van der Waals surface area contributed by atoms with E-state index in [1.165, 1.54) is 9.13 Å². The van der Waals surface area contributed by atoms with Gasteiger partial charge in [-0.05, 0) is 34.2 Å². The summed E-state index contributed by atoms with van der Waals surface area (Å²) in [5.74, 6) is 0.391. The lowest BCUT2D eigenvalue weighted by Crippen LogP contribution is -2.39. The van der Waals surface area contributed by atoms with Gasteiger partial charge in [0.25, 0.3) is 0 Å². The molecule has 0 saturated heterocycles. The van der Waals surface area contributed by atoms with Gasteiger partial charge in [-0.1, -0.05) is 25.1 Å². The first kappa shape index (κ1) is 9.19. The lowest BCUT2D eigenvalue weighted by Gasteiger charge is -2.38. The Labute approximate surface area is 91.7 Å². The van der Waals surface area contributed by atoms with Crippen molar-refractivity contribution in [2.24, 2.45) is 0 Å². The smallest absolute Gasteiger partial charge is 0.134 e. The fourth-order valence-electron chi connectivity index (χ4n) is 1.96. The molecular weight excluding hydrogens is 275 g/mol. The van der Waals surface area contributed by atoms with Crippen LogP contribution in [-0.4, -0.2) is 5.78 Å². The maximum absolute atomic E-state index is 11.0. The SMILES string of the molecule is CC1(c2ccccc2I)CC(=O)C1. The van der Waals surface area contributed by atoms with Gasteiger partial charge in [-0.2, -0.15) is 0 Å². The van der Waals surface area contributed by atoms with Gasteiger partial charge in [-0.25, -0.2) is 0 Å². The van der Waals surface area contributed by atoms with Gasteiger partial charge in [0.2, 0.25) is 0 Å². The maximum Gasteiger partial charge on any atom is 0.134 e. The number of carbonyl (C=O) groups excluding carboxylic acids is 1. The zero-order chi connectivity index (χ0) is 9.47. The standard InChI is InChI=1S/C11H11IO/c1-11(6-8(13)7-11)9-4-2-3-5-10(9)12/h2-5H,6-7H2,1H3. The average Bonchev–Trinajstić information content (AvgIpc) is 2.02. The predicted octanol–water partition coefficient (Wildman–Crippen LogP) is 2.91. The van der Waals surface area contributed by atoms with Crippen LogP contribution in [0.1, 0.15) is 25.3 Å². The Morgan fingerprint density at radius 1 is 1.31 bits per heavy atom. The van der Waals surface area contributed by atoms with Gasteiger partial charge in [0.15, 0.2) is 0 Å². The minimum absolute atomic E-state index is 0.120. The highest BCUT2D eigenvalue weighted by atomic mass is 127. The van der Waals surface area contributed by atoms with Crippen molar-refractivity contribution in [3.05, 3.63) is 33.4 Å². The van der Waals surface area contributed by atoms with Gasteiger partial charge in [0.05, 0.1) is 0 Å². The number of ketones is 1. The van der Waals surface area contributed by atoms with Crippen LogP contribution in [0.25, 0.3) is 0 Å². The van der Waals surface area contributed by atoms with E-state index in [0.29, 0.717) is 18.6 Å². The summed E-state index contributed by atoms with van der Waals surface area (Å²) in [5.41, 5.74) is 1.45. The normalized spacial score (nSPS) is 19.7. The van der Waals surface area contributed by atoms with Gasteiger partial charge in [-0.15, -0.1) is 0 Å². The summed E-state index contributed by atoms with van der Waals surface area (Å²) in [6.07, 6.45) is 1.43. The molecular formula is C11H11IO. The molecule has 13 heavy (non-hydrogen) atoms. The average molecular weight is 286 g/mol. The molecule has 1 nitrogen and oxygen atoms in total. The molecule has 1 aliphatic rings. The van der Waals surface area contributed by atoms with Crippen LogP contribution in [0.5, 0.6) is 0 Å². The van der Waals surface area contributed by atoms with Crippen LogP contribution < -0.4 is 0 Å². The summed E-state index contributed by atoms with van der Waals surface area (Å²) in [6.45, 7) is 2.17. The van der Waals surface area contributed by atoms with Crippen molar-refractivity contribution < 1.29 is 4.79 Å². The second-order valence-electron chi connectivity index (χ2n) is 3.93. The highest BCUT2D eigenvalue weighted by Gasteiger charge is 2.41. The van der Waals surface area contributed by atoms with Crippen LogP contribution >= 0.6 is 22.6 Å². The number of hydrogen-bond donors (Lipinski definition) is 0. The number of Topliss-reactive ketones (excluding diaryl/α,β-unsaturated/α-hetero) is 1. The molecule has 0 N–H and O–H groups in total. The zero-order valence-electron chi connectivity index (χ0n) is 7.51. The number of carbonyl (C=O) groups is 1. The van der Waals surface area contributed by atoms with Crippen molar-refractivity contribution in [3.63, 3.8) is 0 Å². The van der Waals surface area contributed by atoms with E-state index in [1.807, 2.05) is 12.1 Å². The van der Waals surface area contributed by atoms with Crippen molar-refractivity contribution in [2.75, 3.05) is 0 Å². The first-order valence-corrected chi connectivity index (χ1v) is 5.46. The first-order valence-electron chi connectivity index (χ1n) is 4.38. The van der Waals surface area contributed by atoms with Gasteiger partial charge in [0.1, 0.15) is 5.78 Å². The Bertz CT molecular complexity index is 349. The summed E-state index contributed by atoms with van der Waals surface area (Å²) in [6, 6.07) is 8.32. The summed E-state index contributed by atoms with van der Waals surface area (Å²) in [4.78, 5) is 11.0. The largest absolute Gasteiger partial charge is 0.300 e. The van der Waals surface area contributed by atoms with Gasteiger partial charge in [-0.3, -0.25) is 4.79 Å². The Hall–Kier alpha value is -0.380. The predicted molar refractivity (Wildman–Crippen MR) is 60.8 cm³/mol. The fourth-order valence-corrected chi connectivity index (χ4v) is 3.00. The van der Waals surface area contributed by atoms with E-state index in [2.05, 4.69) is 41.6 Å². The first-order chi connectivity index (χ1) is 6.12. The van der Waals surface area contributed by atoms with E-state index in [4.69, 9.17) is 0 Å². The lowest BCUT2D eigenvalue weighted by atomic mass is 9.65. The topological polar surface area (TPSA) is 17.1 Å². The molecule has 0 amide bonds. The third-order valence-corrected chi connectivity index (χ3v) is 3.64. The maximum atomic E-state index is 11.0. The van der Waals surface area contributed by atoms with E-state index in [0.717, 1.165) is 0 Å². The quantitative estimate of drug-likeness (QED) is 0.725. The molecule has 68 valence electrons. The summed E-state index contributed by atoms with van der Waals surface area (Å²) in [5, 5.41) is 0. The molecule has 0 radical (unpaired) electrons. The Morgan fingerprint density at radius 3 is 2.46 bits per heavy atom. The van der Waals surface area contributed by atoms with Gasteiger partial charge < -0.3 is 0 Å². The minimum atomic E-state index is 0.120. The molecule has 0 atom stereocenters. The van der Waals surface area contributed by atoms with Crippen molar-refractivity contribution in [2.45, 2.75) is 25.2 Å². The molecule has 1 aliphatic carbocycles. The molecule has 2 rings (SSSR count). The second-order valence-corrected chi connectivity index (χ2v) is 5.09. The van der Waals surface area contributed by atoms with Gasteiger partial charge in [0, 0.05) is 21.8 Å². The van der Waals surface area contributed by atoms with Crippen LogP contribution in [-0.2, 0) is 10.2 Å². The van der Waals surface area contributed by atoms with Crippen molar-refractivity contribution in [3.8, 4) is 0 Å². The molecule has 0 aliphatic heterocycles. The number of hydrogen-bond acceptors (Lipinski definition) is 1. The number of halogens is 1. The van der Waals surface area contributed by atoms with Crippen LogP contribution in [0.3, 0.4) is 0 Å². The minimum Gasteiger partial charge on any atom is -0.300 e. The molecule has 0 bridgehead atoms. The second kappa shape index (κ2) is 3.08. The van der Waals surface area contributed by atoms with E-state index in [-0.39, 0.29) is 5.41 Å². The molecule has 1 fully saturated rings. The Morgan fingerprint density at radius 2 is 1.92 bits per heavy atom. The highest BCUT2D eigenvalue weighted by molar-refractivity contribution is 14.1. The van der Waals surface area contributed by atoms with Crippen molar-refractivity contribution in [1.29, 1.82) is 0 Å². The van der Waals surface area contributed by atoms with Crippen LogP contribution in [0.4, 0.5) is 0 Å². The summed E-state index contributed by atoms with van der Waals surface area (Å²) < 4.78 is 1.27. The summed E-state index contributed by atoms with van der Waals surface area (Å²) >= 11 is 2.34. The third kappa shape index (κ3) is 1.52. The molecule has 1 saturated carbocycles. The Balaban J connectivity index is 2.36. The molecule has 0 spiro atoms. The number of benzene rings is 1. The van der Waals surface area contributed by atoms with E-state index in [9.17, 15) is 4.79 Å². The van der Waals surface area contributed by atoms with Crippen LogP contribution in [0, 0.1) is 3.57 Å². The monoisotopic (exact) mass is 286 g/mol. The Kier molecular flexibility index (Phi) is 2.18. The molecule has 1 aromatic carbocycles. The van der Waals surface area contributed by atoms with E-state index >= 15 is 0 Å². The van der Waals surface area contributed by atoms with E-state index in [1.54, 1.807) is 0 Å². The third-order valence-electron chi connectivity index (χ3n) is 2.70. The summed E-state index contributed by atoms with van der Waals surface area (Å²) in [7, 11) is 0. The molecule has 0 heterocycles. The van der Waals surface area contributed by atoms with Crippen LogP contribution in [0.15, 0.2) is 24.3 Å². The fraction of sp³-hybridized carbons (Fsp3) is 0.364. The van der Waals surface area contributed by atoms with E-state index < -0.39 is 0 Å². The molecule has 0 unspecified atom stereocenters. The number of rotatable bonds is 1. The zero-order valence-corrected chi connectivity index (χ0v) is 9.67.